The standard InChI is InChI=1S/C14H19N3O3/c1-4-17-13(15-9-16-17)8-11(18)10-6-5-7-12(19-2)14(10)20-3/h5-7,9,11,18H,4,8H2,1-3H3. The van der Waals surface area contributed by atoms with Crippen molar-refractivity contribution in [1.29, 1.82) is 0 Å². The lowest BCUT2D eigenvalue weighted by molar-refractivity contribution is 0.168. The molecule has 0 fully saturated rings. The predicted octanol–water partition coefficient (Wildman–Crippen LogP) is 1.59. The zero-order valence-corrected chi connectivity index (χ0v) is 11.9. The second kappa shape index (κ2) is 6.38. The minimum Gasteiger partial charge on any atom is -0.493 e. The topological polar surface area (TPSA) is 69.4 Å². The lowest BCUT2D eigenvalue weighted by atomic mass is 10.0. The van der Waals surface area contributed by atoms with Crippen molar-refractivity contribution in [2.75, 3.05) is 14.2 Å². The Labute approximate surface area is 118 Å². The summed E-state index contributed by atoms with van der Waals surface area (Å²) in [7, 11) is 3.13. The van der Waals surface area contributed by atoms with Crippen LogP contribution in [0.2, 0.25) is 0 Å². The number of ether oxygens (including phenoxy) is 2. The molecule has 0 amide bonds. The Bertz CT molecular complexity index is 569. The maximum atomic E-state index is 10.4. The van der Waals surface area contributed by atoms with E-state index in [-0.39, 0.29) is 0 Å². The molecule has 1 heterocycles. The first-order valence-corrected chi connectivity index (χ1v) is 6.46. The van der Waals surface area contributed by atoms with Crippen LogP contribution in [0.5, 0.6) is 11.5 Å². The van der Waals surface area contributed by atoms with Gasteiger partial charge in [-0.1, -0.05) is 12.1 Å². The van der Waals surface area contributed by atoms with Crippen LogP contribution in [0.3, 0.4) is 0 Å². The fraction of sp³-hybridized carbons (Fsp3) is 0.429. The Morgan fingerprint density at radius 2 is 2.10 bits per heavy atom. The van der Waals surface area contributed by atoms with E-state index in [2.05, 4.69) is 10.1 Å². The zero-order valence-electron chi connectivity index (χ0n) is 11.9. The van der Waals surface area contributed by atoms with Gasteiger partial charge in [-0.05, 0) is 13.0 Å². The molecule has 1 unspecified atom stereocenters. The van der Waals surface area contributed by atoms with E-state index in [9.17, 15) is 5.11 Å². The van der Waals surface area contributed by atoms with Crippen molar-refractivity contribution in [2.45, 2.75) is 26.0 Å². The van der Waals surface area contributed by atoms with E-state index in [4.69, 9.17) is 9.47 Å². The molecular weight excluding hydrogens is 258 g/mol. The quantitative estimate of drug-likeness (QED) is 0.868. The van der Waals surface area contributed by atoms with Crippen LogP contribution in [0, 0.1) is 0 Å². The number of hydrogen-bond donors (Lipinski definition) is 1. The highest BCUT2D eigenvalue weighted by Crippen LogP contribution is 2.35. The van der Waals surface area contributed by atoms with Crippen LogP contribution in [0.25, 0.3) is 0 Å². The van der Waals surface area contributed by atoms with Crippen molar-refractivity contribution in [2.24, 2.45) is 0 Å². The van der Waals surface area contributed by atoms with E-state index in [0.29, 0.717) is 23.5 Å². The normalized spacial score (nSPS) is 12.2. The van der Waals surface area contributed by atoms with Gasteiger partial charge in [0, 0.05) is 18.5 Å². The summed E-state index contributed by atoms with van der Waals surface area (Å²) >= 11 is 0. The maximum absolute atomic E-state index is 10.4. The Kier molecular flexibility index (Phi) is 4.57. The number of hydrogen-bond acceptors (Lipinski definition) is 5. The van der Waals surface area contributed by atoms with Gasteiger partial charge in [0.05, 0.1) is 20.3 Å². The summed E-state index contributed by atoms with van der Waals surface area (Å²) in [6.45, 7) is 2.70. The third-order valence-corrected chi connectivity index (χ3v) is 3.16. The first kappa shape index (κ1) is 14.3. The summed E-state index contributed by atoms with van der Waals surface area (Å²) in [6.07, 6.45) is 1.14. The lowest BCUT2D eigenvalue weighted by Gasteiger charge is -2.17. The molecule has 0 bridgehead atoms. The average molecular weight is 277 g/mol. The van der Waals surface area contributed by atoms with Gasteiger partial charge in [-0.15, -0.1) is 0 Å². The minimum absolute atomic E-state index is 0.372. The van der Waals surface area contributed by atoms with Crippen molar-refractivity contribution in [1.82, 2.24) is 14.8 Å². The van der Waals surface area contributed by atoms with Gasteiger partial charge in [-0.2, -0.15) is 5.10 Å². The number of aliphatic hydroxyl groups is 1. The van der Waals surface area contributed by atoms with Crippen LogP contribution >= 0.6 is 0 Å². The van der Waals surface area contributed by atoms with Crippen molar-refractivity contribution in [3.8, 4) is 11.5 Å². The summed E-state index contributed by atoms with van der Waals surface area (Å²) in [5.74, 6) is 1.89. The largest absolute Gasteiger partial charge is 0.493 e. The van der Waals surface area contributed by atoms with Crippen molar-refractivity contribution in [3.63, 3.8) is 0 Å². The molecule has 6 nitrogen and oxygen atoms in total. The lowest BCUT2D eigenvalue weighted by Crippen LogP contribution is -2.10. The van der Waals surface area contributed by atoms with Crippen LogP contribution < -0.4 is 9.47 Å². The van der Waals surface area contributed by atoms with Gasteiger partial charge in [0.25, 0.3) is 0 Å². The average Bonchev–Trinajstić information content (AvgIpc) is 2.93. The molecule has 1 aromatic heterocycles. The molecule has 0 radical (unpaired) electrons. The van der Waals surface area contributed by atoms with E-state index >= 15 is 0 Å². The molecule has 0 aliphatic heterocycles. The second-order valence-corrected chi connectivity index (χ2v) is 4.29. The molecule has 0 saturated carbocycles. The summed E-state index contributed by atoms with van der Waals surface area (Å²) < 4.78 is 12.3. The third-order valence-electron chi connectivity index (χ3n) is 3.16. The highest BCUT2D eigenvalue weighted by molar-refractivity contribution is 5.47. The Balaban J connectivity index is 2.27. The Morgan fingerprint density at radius 3 is 2.75 bits per heavy atom. The second-order valence-electron chi connectivity index (χ2n) is 4.29. The predicted molar refractivity (Wildman–Crippen MR) is 73.9 cm³/mol. The van der Waals surface area contributed by atoms with Crippen LogP contribution in [0.15, 0.2) is 24.5 Å². The van der Waals surface area contributed by atoms with Crippen LogP contribution in [0.4, 0.5) is 0 Å². The number of methoxy groups -OCH3 is 2. The molecule has 20 heavy (non-hydrogen) atoms. The van der Waals surface area contributed by atoms with E-state index < -0.39 is 6.10 Å². The molecule has 2 rings (SSSR count). The first-order valence-electron chi connectivity index (χ1n) is 6.46. The van der Waals surface area contributed by atoms with Gasteiger partial charge in [0.15, 0.2) is 11.5 Å². The SMILES string of the molecule is CCn1ncnc1CC(O)c1cccc(OC)c1OC. The fourth-order valence-electron chi connectivity index (χ4n) is 2.17. The van der Waals surface area contributed by atoms with Crippen LogP contribution in [-0.4, -0.2) is 34.1 Å². The molecule has 2 aromatic rings. The summed E-state index contributed by atoms with van der Waals surface area (Å²) in [6, 6.07) is 5.44. The molecule has 1 aromatic carbocycles. The van der Waals surface area contributed by atoms with Crippen LogP contribution in [-0.2, 0) is 13.0 Å². The number of aliphatic hydroxyl groups excluding tert-OH is 1. The number of nitrogens with zero attached hydrogens (tertiary/aromatic N) is 3. The van der Waals surface area contributed by atoms with Crippen LogP contribution in [0.1, 0.15) is 24.4 Å². The van der Waals surface area contributed by atoms with Gasteiger partial charge in [-0.3, -0.25) is 4.68 Å². The molecule has 108 valence electrons. The van der Waals surface area contributed by atoms with Crippen molar-refractivity contribution < 1.29 is 14.6 Å². The van der Waals surface area contributed by atoms with E-state index in [1.165, 1.54) is 6.33 Å². The highest BCUT2D eigenvalue weighted by Gasteiger charge is 2.19. The maximum Gasteiger partial charge on any atom is 0.166 e. The smallest absolute Gasteiger partial charge is 0.166 e. The monoisotopic (exact) mass is 277 g/mol. The van der Waals surface area contributed by atoms with Gasteiger partial charge in [0.1, 0.15) is 12.2 Å². The fourth-order valence-corrected chi connectivity index (χ4v) is 2.17. The number of aromatic nitrogens is 3. The highest BCUT2D eigenvalue weighted by atomic mass is 16.5. The van der Waals surface area contributed by atoms with E-state index in [1.807, 2.05) is 19.1 Å². The van der Waals surface area contributed by atoms with E-state index in [1.54, 1.807) is 25.0 Å². The summed E-state index contributed by atoms with van der Waals surface area (Å²) in [5, 5.41) is 14.5. The zero-order chi connectivity index (χ0) is 14.5. The van der Waals surface area contributed by atoms with Crippen molar-refractivity contribution >= 4 is 0 Å². The number of aryl methyl sites for hydroxylation is 1. The summed E-state index contributed by atoms with van der Waals surface area (Å²) in [4.78, 5) is 4.17. The van der Waals surface area contributed by atoms with Gasteiger partial charge >= 0.3 is 0 Å². The number of para-hydroxylation sites is 1. The Hall–Kier alpha value is -2.08. The van der Waals surface area contributed by atoms with Crippen molar-refractivity contribution in [3.05, 3.63) is 35.9 Å². The number of rotatable bonds is 6. The first-order chi connectivity index (χ1) is 9.71. The molecule has 1 atom stereocenters. The molecule has 0 saturated heterocycles. The summed E-state index contributed by atoms with van der Waals surface area (Å²) in [5.41, 5.74) is 0.678. The molecule has 0 aliphatic carbocycles. The van der Waals surface area contributed by atoms with Gasteiger partial charge in [-0.25, -0.2) is 4.98 Å². The Morgan fingerprint density at radius 1 is 1.30 bits per heavy atom. The minimum atomic E-state index is -0.727. The number of benzene rings is 1. The molecule has 1 N–H and O–H groups in total. The van der Waals surface area contributed by atoms with Gasteiger partial charge in [0.2, 0.25) is 0 Å². The third kappa shape index (κ3) is 2.75. The van der Waals surface area contributed by atoms with Gasteiger partial charge < -0.3 is 14.6 Å². The molecule has 0 aliphatic rings. The molecular formula is C14H19N3O3. The van der Waals surface area contributed by atoms with E-state index in [0.717, 1.165) is 12.4 Å². The molecule has 6 heteroatoms. The molecule has 0 spiro atoms.